The topological polar surface area (TPSA) is 115 Å². The molecule has 0 spiro atoms. The van der Waals surface area contributed by atoms with Crippen LogP contribution >= 0.6 is 11.6 Å². The number of aromatic nitrogens is 6. The number of tetrazole rings is 1. The minimum atomic E-state index is -4.81. The molecule has 0 saturated carbocycles. The quantitative estimate of drug-likeness (QED) is 0.345. The number of ether oxygens (including phenoxy) is 1. The van der Waals surface area contributed by atoms with Crippen molar-refractivity contribution in [2.75, 3.05) is 11.9 Å². The second kappa shape index (κ2) is 10.3. The Morgan fingerprint density at radius 3 is 2.38 bits per heavy atom. The maximum Gasteiger partial charge on any atom is 0.573 e. The minimum absolute atomic E-state index is 0.127. The number of hydrazone groups is 1. The van der Waals surface area contributed by atoms with Crippen molar-refractivity contribution >= 4 is 29.0 Å². The smallest absolute Gasteiger partial charge is 0.406 e. The number of carbonyl (C=O) groups excluding carboxylic acids is 1. The highest BCUT2D eigenvalue weighted by Crippen LogP contribution is 2.28. The number of anilines is 1. The zero-order chi connectivity index (χ0) is 28.7. The highest BCUT2D eigenvalue weighted by molar-refractivity contribution is 6.30. The van der Waals surface area contributed by atoms with Gasteiger partial charge in [0, 0.05) is 22.5 Å². The van der Waals surface area contributed by atoms with Crippen LogP contribution in [0.15, 0.2) is 66.0 Å². The number of rotatable bonds is 5. The molecule has 1 N–H and O–H groups in total. The molecule has 1 aliphatic rings. The van der Waals surface area contributed by atoms with E-state index in [0.717, 1.165) is 17.7 Å². The van der Waals surface area contributed by atoms with Crippen molar-refractivity contribution in [1.29, 1.82) is 0 Å². The number of hydrogen-bond donors (Lipinski definition) is 1. The number of halogens is 4. The molecule has 1 atom stereocenters. The van der Waals surface area contributed by atoms with E-state index in [1.807, 2.05) is 20.8 Å². The molecule has 0 radical (unpaired) electrons. The number of urea groups is 1. The van der Waals surface area contributed by atoms with Gasteiger partial charge in [-0.1, -0.05) is 23.7 Å². The molecule has 40 heavy (non-hydrogen) atoms. The SMILES string of the molecule is CC(C)(C)n1nnc(-c2cnn(C3CN(C(=O)Nc4ccc(OC(F)(F)F)cc4)N=C3c3ccc(Cl)cc3)c2)n1. The van der Waals surface area contributed by atoms with Gasteiger partial charge in [-0.3, -0.25) is 4.68 Å². The number of benzene rings is 2. The van der Waals surface area contributed by atoms with Crippen LogP contribution in [0.4, 0.5) is 23.7 Å². The summed E-state index contributed by atoms with van der Waals surface area (Å²) in [5.41, 5.74) is 1.84. The summed E-state index contributed by atoms with van der Waals surface area (Å²) in [7, 11) is 0. The first-order chi connectivity index (χ1) is 18.9. The van der Waals surface area contributed by atoms with Gasteiger partial charge in [0.1, 0.15) is 11.8 Å². The molecule has 2 aromatic heterocycles. The first-order valence-corrected chi connectivity index (χ1v) is 12.4. The van der Waals surface area contributed by atoms with Crippen molar-refractivity contribution < 1.29 is 22.7 Å². The van der Waals surface area contributed by atoms with E-state index in [2.05, 4.69) is 35.7 Å². The zero-order valence-electron chi connectivity index (χ0n) is 21.5. The molecule has 11 nitrogen and oxygen atoms in total. The predicted molar refractivity (Wildman–Crippen MR) is 140 cm³/mol. The maximum atomic E-state index is 13.1. The summed E-state index contributed by atoms with van der Waals surface area (Å²) in [4.78, 5) is 14.6. The van der Waals surface area contributed by atoms with E-state index in [1.54, 1.807) is 41.3 Å². The third-order valence-corrected chi connectivity index (χ3v) is 6.05. The van der Waals surface area contributed by atoms with E-state index in [-0.39, 0.29) is 17.8 Å². The second-order valence-corrected chi connectivity index (χ2v) is 10.3. The number of hydrogen-bond acceptors (Lipinski definition) is 7. The average Bonchev–Trinajstić information content (AvgIpc) is 3.63. The number of carbonyl (C=O) groups is 1. The Labute approximate surface area is 231 Å². The number of nitrogens with zero attached hydrogens (tertiary/aromatic N) is 8. The minimum Gasteiger partial charge on any atom is -0.406 e. The number of alkyl halides is 3. The molecule has 208 valence electrons. The Hall–Kier alpha value is -4.46. The average molecular weight is 574 g/mol. The molecule has 1 unspecified atom stereocenters. The summed E-state index contributed by atoms with van der Waals surface area (Å²) >= 11 is 6.07. The fraction of sp³-hybridized carbons (Fsp3) is 0.280. The van der Waals surface area contributed by atoms with Crippen molar-refractivity contribution in [1.82, 2.24) is 35.0 Å². The molecule has 15 heteroatoms. The normalized spacial score (nSPS) is 15.7. The Morgan fingerprint density at radius 2 is 1.75 bits per heavy atom. The van der Waals surface area contributed by atoms with E-state index >= 15 is 0 Å². The summed E-state index contributed by atoms with van der Waals surface area (Å²) < 4.78 is 42.9. The number of nitrogens with one attached hydrogen (secondary N) is 1. The Kier molecular flexibility index (Phi) is 6.96. The van der Waals surface area contributed by atoms with Gasteiger partial charge >= 0.3 is 12.4 Å². The Morgan fingerprint density at radius 1 is 1.05 bits per heavy atom. The molecule has 0 fully saturated rings. The van der Waals surface area contributed by atoms with Crippen LogP contribution in [0.1, 0.15) is 32.4 Å². The van der Waals surface area contributed by atoms with Crippen molar-refractivity contribution in [3.63, 3.8) is 0 Å². The van der Waals surface area contributed by atoms with E-state index in [4.69, 9.17) is 11.6 Å². The molecule has 4 aromatic rings. The van der Waals surface area contributed by atoms with Gasteiger partial charge in [0.15, 0.2) is 0 Å². The predicted octanol–water partition coefficient (Wildman–Crippen LogP) is 5.34. The van der Waals surface area contributed by atoms with E-state index in [9.17, 15) is 18.0 Å². The van der Waals surface area contributed by atoms with Crippen LogP contribution in [0.25, 0.3) is 11.4 Å². The Balaban J connectivity index is 1.38. The lowest BCUT2D eigenvalue weighted by molar-refractivity contribution is -0.274. The summed E-state index contributed by atoms with van der Waals surface area (Å²) in [5.74, 6) is -0.00186. The third kappa shape index (κ3) is 6.06. The van der Waals surface area contributed by atoms with Crippen LogP contribution in [0.2, 0.25) is 5.02 Å². The highest BCUT2D eigenvalue weighted by Gasteiger charge is 2.34. The van der Waals surface area contributed by atoms with Crippen LogP contribution in [-0.4, -0.2) is 59.6 Å². The van der Waals surface area contributed by atoms with E-state index in [1.165, 1.54) is 21.9 Å². The van der Waals surface area contributed by atoms with Gasteiger partial charge in [-0.25, -0.2) is 9.80 Å². The number of amides is 2. The van der Waals surface area contributed by atoms with Crippen LogP contribution in [0.5, 0.6) is 5.75 Å². The highest BCUT2D eigenvalue weighted by atomic mass is 35.5. The van der Waals surface area contributed by atoms with Gasteiger partial charge in [0.25, 0.3) is 0 Å². The lowest BCUT2D eigenvalue weighted by atomic mass is 10.0. The zero-order valence-corrected chi connectivity index (χ0v) is 22.2. The molecule has 5 rings (SSSR count). The fourth-order valence-electron chi connectivity index (χ4n) is 3.86. The third-order valence-electron chi connectivity index (χ3n) is 5.80. The molecule has 2 aromatic carbocycles. The molecule has 0 aliphatic carbocycles. The van der Waals surface area contributed by atoms with E-state index < -0.39 is 24.2 Å². The van der Waals surface area contributed by atoms with E-state index in [0.29, 0.717) is 22.1 Å². The van der Waals surface area contributed by atoms with Crippen molar-refractivity contribution in [3.05, 3.63) is 71.5 Å². The van der Waals surface area contributed by atoms with Crippen molar-refractivity contribution in [2.24, 2.45) is 5.10 Å². The molecule has 1 aliphatic heterocycles. The van der Waals surface area contributed by atoms with Crippen LogP contribution in [-0.2, 0) is 5.54 Å². The lowest BCUT2D eigenvalue weighted by Crippen LogP contribution is -2.31. The largest absolute Gasteiger partial charge is 0.573 e. The molecule has 3 heterocycles. The van der Waals surface area contributed by atoms with Gasteiger partial charge < -0.3 is 10.1 Å². The summed E-state index contributed by atoms with van der Waals surface area (Å²) in [6, 6.07) is 10.8. The van der Waals surface area contributed by atoms with Crippen molar-refractivity contribution in [2.45, 2.75) is 38.7 Å². The summed E-state index contributed by atoms with van der Waals surface area (Å²) in [5, 5.41) is 26.1. The van der Waals surface area contributed by atoms with Gasteiger partial charge in [-0.15, -0.1) is 23.4 Å². The first kappa shape index (κ1) is 27.1. The van der Waals surface area contributed by atoms with Gasteiger partial charge in [-0.2, -0.15) is 15.0 Å². The lowest BCUT2D eigenvalue weighted by Gasteiger charge is -2.16. The molecular weight excluding hydrogens is 551 g/mol. The molecule has 0 bridgehead atoms. The maximum absolute atomic E-state index is 13.1. The van der Waals surface area contributed by atoms with Gasteiger partial charge in [0.05, 0.1) is 29.6 Å². The van der Waals surface area contributed by atoms with Crippen LogP contribution in [0, 0.1) is 0 Å². The van der Waals surface area contributed by atoms with Gasteiger partial charge in [-0.05, 0) is 62.4 Å². The molecule has 2 amide bonds. The Bertz CT molecular complexity index is 1540. The molecular formula is C25H23ClF3N9O2. The summed E-state index contributed by atoms with van der Waals surface area (Å²) in [6.07, 6.45) is -1.45. The second-order valence-electron chi connectivity index (χ2n) is 9.87. The van der Waals surface area contributed by atoms with Gasteiger partial charge in [0.2, 0.25) is 5.82 Å². The monoisotopic (exact) mass is 573 g/mol. The van der Waals surface area contributed by atoms with Crippen LogP contribution < -0.4 is 10.1 Å². The van der Waals surface area contributed by atoms with Crippen LogP contribution in [0.3, 0.4) is 0 Å². The molecule has 0 saturated heterocycles. The fourth-order valence-corrected chi connectivity index (χ4v) is 3.99. The standard InChI is InChI=1S/C25H23ClF3N9O2/c1-24(2,3)38-34-22(32-35-38)16-12-30-36(13-16)20-14-37(33-21(20)15-4-6-17(26)7-5-15)23(39)31-18-8-10-19(11-9-18)40-25(27,28)29/h4-13,20H,14H2,1-3H3,(H,31,39). The summed E-state index contributed by atoms with van der Waals surface area (Å²) in [6.45, 7) is 6.00. The van der Waals surface area contributed by atoms with Crippen molar-refractivity contribution in [3.8, 4) is 17.1 Å². The first-order valence-electron chi connectivity index (χ1n) is 12.0.